The van der Waals surface area contributed by atoms with Gasteiger partial charge in [0.05, 0.1) is 5.75 Å². The first-order valence-electron chi connectivity index (χ1n) is 3.66. The summed E-state index contributed by atoms with van der Waals surface area (Å²) in [5.74, 6) is 6.02. The second-order valence-corrected chi connectivity index (χ2v) is 2.67. The van der Waals surface area contributed by atoms with E-state index < -0.39 is 0 Å². The number of carbonyl (C=O) groups excluding carboxylic acids is 1. The van der Waals surface area contributed by atoms with Gasteiger partial charge in [-0.05, 0) is 18.2 Å². The van der Waals surface area contributed by atoms with Crippen molar-refractivity contribution in [2.75, 3.05) is 5.75 Å². The number of phenols is 1. The molecule has 0 saturated carbocycles. The van der Waals surface area contributed by atoms with E-state index in [1.807, 2.05) is 0 Å². The third-order valence-electron chi connectivity index (χ3n) is 1.46. The number of benzene rings is 1. The van der Waals surface area contributed by atoms with Gasteiger partial charge in [0.2, 0.25) is 0 Å². The van der Waals surface area contributed by atoms with Gasteiger partial charge in [0, 0.05) is 11.1 Å². The summed E-state index contributed by atoms with van der Waals surface area (Å²) in [4.78, 5) is 10.5. The fourth-order valence-corrected chi connectivity index (χ4v) is 0.975. The summed E-state index contributed by atoms with van der Waals surface area (Å²) in [5.41, 5.74) is 1.01. The second kappa shape index (κ2) is 4.58. The minimum atomic E-state index is 0.0681. The van der Waals surface area contributed by atoms with Crippen LogP contribution in [0.3, 0.4) is 0 Å². The zero-order chi connectivity index (χ0) is 9.68. The molecule has 0 spiro atoms. The van der Waals surface area contributed by atoms with Gasteiger partial charge >= 0.3 is 0 Å². The van der Waals surface area contributed by atoms with Gasteiger partial charge in [0.25, 0.3) is 0 Å². The van der Waals surface area contributed by atoms with Crippen molar-refractivity contribution in [2.45, 2.75) is 0 Å². The molecule has 1 rings (SSSR count). The lowest BCUT2D eigenvalue weighted by Gasteiger charge is -1.96. The quantitative estimate of drug-likeness (QED) is 0.402. The summed E-state index contributed by atoms with van der Waals surface area (Å²) in [6.45, 7) is 0. The van der Waals surface area contributed by atoms with Crippen molar-refractivity contribution in [1.29, 1.82) is 0 Å². The number of carbonyl (C=O) groups is 1. The molecular weight excluding hydrogens is 184 g/mol. The maximum atomic E-state index is 10.5. The Kier molecular flexibility index (Phi) is 3.41. The molecule has 13 heavy (non-hydrogen) atoms. The summed E-state index contributed by atoms with van der Waals surface area (Å²) in [7, 11) is 0. The molecule has 0 radical (unpaired) electrons. The number of rotatable bonds is 1. The lowest BCUT2D eigenvalue weighted by Crippen LogP contribution is -1.86. The number of hydrogen-bond donors (Lipinski definition) is 2. The molecule has 1 aromatic rings. The summed E-state index contributed by atoms with van der Waals surface area (Å²) in [6, 6.07) is 4.49. The van der Waals surface area contributed by atoms with Crippen LogP contribution in [0.4, 0.5) is 0 Å². The first-order chi connectivity index (χ1) is 6.27. The van der Waals surface area contributed by atoms with Gasteiger partial charge < -0.3 is 5.11 Å². The number of phenolic OH excluding ortho intramolecular Hbond substituents is 1. The van der Waals surface area contributed by atoms with Crippen molar-refractivity contribution >= 4 is 18.9 Å². The Labute approximate surface area is 82.0 Å². The van der Waals surface area contributed by atoms with Crippen LogP contribution in [-0.2, 0) is 0 Å². The molecule has 0 bridgehead atoms. The zero-order valence-electron chi connectivity index (χ0n) is 6.82. The minimum absolute atomic E-state index is 0.0681. The van der Waals surface area contributed by atoms with E-state index in [4.69, 9.17) is 5.11 Å². The average Bonchev–Trinajstić information content (AvgIpc) is 2.16. The number of aromatic hydroxyl groups is 1. The van der Waals surface area contributed by atoms with E-state index in [-0.39, 0.29) is 5.75 Å². The molecule has 0 saturated heterocycles. The van der Waals surface area contributed by atoms with Gasteiger partial charge in [0.15, 0.2) is 6.29 Å². The van der Waals surface area contributed by atoms with Crippen LogP contribution >= 0.6 is 12.6 Å². The summed E-state index contributed by atoms with van der Waals surface area (Å²) >= 11 is 3.92. The van der Waals surface area contributed by atoms with E-state index in [9.17, 15) is 4.79 Å². The Hall–Kier alpha value is -1.40. The van der Waals surface area contributed by atoms with Crippen molar-refractivity contribution in [3.63, 3.8) is 0 Å². The predicted molar refractivity (Wildman–Crippen MR) is 54.2 cm³/mol. The highest BCUT2D eigenvalue weighted by Crippen LogP contribution is 2.13. The summed E-state index contributed by atoms with van der Waals surface area (Å²) in [5, 5.41) is 9.07. The molecule has 0 amide bonds. The Morgan fingerprint density at radius 2 is 2.31 bits per heavy atom. The maximum Gasteiger partial charge on any atom is 0.151 e. The van der Waals surface area contributed by atoms with E-state index in [0.29, 0.717) is 23.2 Å². The molecule has 0 aliphatic carbocycles. The highest BCUT2D eigenvalue weighted by Gasteiger charge is 1.98. The minimum Gasteiger partial charge on any atom is -0.508 e. The monoisotopic (exact) mass is 192 g/mol. The van der Waals surface area contributed by atoms with Gasteiger partial charge in [-0.2, -0.15) is 12.6 Å². The molecule has 0 aromatic heterocycles. The Morgan fingerprint density at radius 1 is 1.54 bits per heavy atom. The van der Waals surface area contributed by atoms with Gasteiger partial charge in [-0.3, -0.25) is 4.79 Å². The highest BCUT2D eigenvalue weighted by atomic mass is 32.1. The fourth-order valence-electron chi connectivity index (χ4n) is 0.896. The first kappa shape index (κ1) is 9.69. The number of hydrogen-bond acceptors (Lipinski definition) is 3. The number of thiol groups is 1. The van der Waals surface area contributed by atoms with Gasteiger partial charge in [0.1, 0.15) is 5.75 Å². The van der Waals surface area contributed by atoms with Crippen molar-refractivity contribution in [1.82, 2.24) is 0 Å². The summed E-state index contributed by atoms with van der Waals surface area (Å²) in [6.07, 6.45) is 0.669. The smallest absolute Gasteiger partial charge is 0.151 e. The van der Waals surface area contributed by atoms with Crippen molar-refractivity contribution in [3.8, 4) is 17.6 Å². The van der Waals surface area contributed by atoms with Crippen LogP contribution in [0, 0.1) is 11.8 Å². The van der Waals surface area contributed by atoms with Crippen LogP contribution in [0.5, 0.6) is 5.75 Å². The van der Waals surface area contributed by atoms with Gasteiger partial charge in [-0.1, -0.05) is 11.8 Å². The van der Waals surface area contributed by atoms with Crippen LogP contribution in [0.1, 0.15) is 15.9 Å². The topological polar surface area (TPSA) is 37.3 Å². The molecular formula is C10H8O2S. The molecule has 0 aliphatic rings. The largest absolute Gasteiger partial charge is 0.508 e. The van der Waals surface area contributed by atoms with Crippen molar-refractivity contribution in [3.05, 3.63) is 29.3 Å². The Bertz CT molecular complexity index is 374. The lowest BCUT2D eigenvalue weighted by atomic mass is 10.1. The van der Waals surface area contributed by atoms with Crippen LogP contribution in [0.2, 0.25) is 0 Å². The molecule has 1 N–H and O–H groups in total. The average molecular weight is 192 g/mol. The second-order valence-electron chi connectivity index (χ2n) is 2.35. The Balaban J connectivity index is 3.13. The zero-order valence-corrected chi connectivity index (χ0v) is 7.71. The van der Waals surface area contributed by atoms with E-state index in [2.05, 4.69) is 24.5 Å². The third-order valence-corrected chi connectivity index (χ3v) is 1.62. The van der Waals surface area contributed by atoms with Crippen LogP contribution in [-0.4, -0.2) is 17.1 Å². The molecule has 0 aliphatic heterocycles. The molecule has 0 fully saturated rings. The highest BCUT2D eigenvalue weighted by molar-refractivity contribution is 7.80. The molecule has 3 heteroatoms. The lowest BCUT2D eigenvalue weighted by molar-refractivity contribution is 0.112. The van der Waals surface area contributed by atoms with E-state index in [1.165, 1.54) is 12.1 Å². The maximum absolute atomic E-state index is 10.5. The van der Waals surface area contributed by atoms with E-state index >= 15 is 0 Å². The van der Waals surface area contributed by atoms with E-state index in [1.54, 1.807) is 6.07 Å². The molecule has 0 unspecified atom stereocenters. The first-order valence-corrected chi connectivity index (χ1v) is 4.29. The molecule has 0 atom stereocenters. The van der Waals surface area contributed by atoms with E-state index in [0.717, 1.165) is 0 Å². The van der Waals surface area contributed by atoms with Crippen LogP contribution in [0.15, 0.2) is 18.2 Å². The fraction of sp³-hybridized carbons (Fsp3) is 0.100. The van der Waals surface area contributed by atoms with Crippen molar-refractivity contribution in [2.24, 2.45) is 0 Å². The molecule has 66 valence electrons. The molecule has 0 heterocycles. The van der Waals surface area contributed by atoms with Gasteiger partial charge in [-0.25, -0.2) is 0 Å². The molecule has 2 nitrogen and oxygen atoms in total. The standard InChI is InChI=1S/C10H8O2S/c11-7-9-6-10(12)4-3-8(9)2-1-5-13/h3-4,6-7,12-13H,5H2. The van der Waals surface area contributed by atoms with Crippen LogP contribution in [0.25, 0.3) is 0 Å². The van der Waals surface area contributed by atoms with Gasteiger partial charge in [-0.15, -0.1) is 0 Å². The third kappa shape index (κ3) is 2.53. The SMILES string of the molecule is O=Cc1cc(O)ccc1C#CCS. The number of aldehydes is 1. The Morgan fingerprint density at radius 3 is 2.92 bits per heavy atom. The molecule has 1 aromatic carbocycles. The predicted octanol–water partition coefficient (Wildman–Crippen LogP) is 1.49. The van der Waals surface area contributed by atoms with Crippen LogP contribution < -0.4 is 0 Å². The van der Waals surface area contributed by atoms with Crippen molar-refractivity contribution < 1.29 is 9.90 Å². The summed E-state index contributed by atoms with van der Waals surface area (Å²) < 4.78 is 0. The normalized spacial score (nSPS) is 8.69.